The Kier molecular flexibility index (Phi) is 2.56. The molecule has 0 spiro atoms. The van der Waals surface area contributed by atoms with Gasteiger partial charge in [0.05, 0.1) is 0 Å². The van der Waals surface area contributed by atoms with E-state index in [0.717, 1.165) is 16.5 Å². The molecule has 3 nitrogen and oxygen atoms in total. The number of H-pyrrole nitrogens is 1. The molecule has 19 heavy (non-hydrogen) atoms. The van der Waals surface area contributed by atoms with Gasteiger partial charge in [-0.25, -0.2) is 4.39 Å². The number of benzene rings is 2. The molecule has 1 aromatic heterocycles. The van der Waals surface area contributed by atoms with Crippen molar-refractivity contribution >= 4 is 16.8 Å². The summed E-state index contributed by atoms with van der Waals surface area (Å²) in [6.07, 6.45) is 0. The summed E-state index contributed by atoms with van der Waals surface area (Å²) in [7, 11) is 0. The summed E-state index contributed by atoms with van der Waals surface area (Å²) < 4.78 is 13.7. The van der Waals surface area contributed by atoms with E-state index in [-0.39, 0.29) is 5.82 Å². The lowest BCUT2D eigenvalue weighted by molar-refractivity contribution is 0.0996. The summed E-state index contributed by atoms with van der Waals surface area (Å²) >= 11 is 0. The van der Waals surface area contributed by atoms with E-state index in [9.17, 15) is 9.18 Å². The highest BCUT2D eigenvalue weighted by atomic mass is 19.1. The minimum atomic E-state index is -0.511. The predicted molar refractivity (Wildman–Crippen MR) is 72.2 cm³/mol. The number of carbonyl (C=O) groups is 1. The van der Waals surface area contributed by atoms with E-state index in [4.69, 9.17) is 5.73 Å². The number of hydrogen-bond acceptors (Lipinski definition) is 1. The second kappa shape index (κ2) is 4.24. The molecule has 3 aromatic rings. The van der Waals surface area contributed by atoms with E-state index in [1.165, 1.54) is 6.07 Å². The van der Waals surface area contributed by atoms with Crippen LogP contribution in [0.5, 0.6) is 0 Å². The monoisotopic (exact) mass is 254 g/mol. The zero-order chi connectivity index (χ0) is 13.4. The SMILES string of the molecule is NC(=O)c1cc2cc(-c3ccccc3F)ccc2[nH]1. The zero-order valence-corrected chi connectivity index (χ0v) is 9.98. The fourth-order valence-corrected chi connectivity index (χ4v) is 2.13. The number of rotatable bonds is 2. The first-order valence-electron chi connectivity index (χ1n) is 5.82. The third-order valence-corrected chi connectivity index (χ3v) is 3.07. The molecule has 0 bridgehead atoms. The molecule has 1 heterocycles. The topological polar surface area (TPSA) is 58.9 Å². The Hall–Kier alpha value is -2.62. The molecule has 3 N–H and O–H groups in total. The molecule has 0 fully saturated rings. The van der Waals surface area contributed by atoms with E-state index in [2.05, 4.69) is 4.98 Å². The molecular formula is C15H11FN2O. The predicted octanol–water partition coefficient (Wildman–Crippen LogP) is 3.07. The molecule has 4 heteroatoms. The Morgan fingerprint density at radius 2 is 1.89 bits per heavy atom. The van der Waals surface area contributed by atoms with Crippen LogP contribution in [0.3, 0.4) is 0 Å². The van der Waals surface area contributed by atoms with Crippen LogP contribution in [-0.4, -0.2) is 10.9 Å². The number of nitrogens with two attached hydrogens (primary N) is 1. The van der Waals surface area contributed by atoms with Gasteiger partial charge in [-0.2, -0.15) is 0 Å². The van der Waals surface area contributed by atoms with E-state index in [0.29, 0.717) is 11.3 Å². The summed E-state index contributed by atoms with van der Waals surface area (Å²) in [6, 6.07) is 13.7. The molecule has 0 aliphatic heterocycles. The highest BCUT2D eigenvalue weighted by molar-refractivity contribution is 5.98. The first kappa shape index (κ1) is 11.5. The quantitative estimate of drug-likeness (QED) is 0.725. The van der Waals surface area contributed by atoms with Crippen LogP contribution in [0, 0.1) is 5.82 Å². The van der Waals surface area contributed by atoms with Crippen LogP contribution in [0.25, 0.3) is 22.0 Å². The maximum absolute atomic E-state index is 13.7. The van der Waals surface area contributed by atoms with Gasteiger partial charge in [0.25, 0.3) is 5.91 Å². The average molecular weight is 254 g/mol. The lowest BCUT2D eigenvalue weighted by Gasteiger charge is -2.03. The Balaban J connectivity index is 2.16. The number of amides is 1. The van der Waals surface area contributed by atoms with Gasteiger partial charge in [0, 0.05) is 16.5 Å². The van der Waals surface area contributed by atoms with Crippen LogP contribution in [0.15, 0.2) is 48.5 Å². The van der Waals surface area contributed by atoms with Gasteiger partial charge in [-0.1, -0.05) is 24.3 Å². The summed E-state index contributed by atoms with van der Waals surface area (Å²) in [4.78, 5) is 14.0. The molecular weight excluding hydrogens is 243 g/mol. The Morgan fingerprint density at radius 3 is 2.63 bits per heavy atom. The van der Waals surface area contributed by atoms with Crippen molar-refractivity contribution in [3.8, 4) is 11.1 Å². The van der Waals surface area contributed by atoms with Crippen molar-refractivity contribution in [3.05, 3.63) is 60.0 Å². The van der Waals surface area contributed by atoms with Crippen molar-refractivity contribution in [1.29, 1.82) is 0 Å². The molecule has 2 aromatic carbocycles. The van der Waals surface area contributed by atoms with E-state index in [1.807, 2.05) is 18.2 Å². The Labute approximate surface area is 108 Å². The molecule has 1 amide bonds. The van der Waals surface area contributed by atoms with Crippen molar-refractivity contribution in [2.24, 2.45) is 5.73 Å². The number of aromatic nitrogens is 1. The van der Waals surface area contributed by atoms with Gasteiger partial charge in [0.2, 0.25) is 0 Å². The Morgan fingerprint density at radius 1 is 1.11 bits per heavy atom. The van der Waals surface area contributed by atoms with Crippen molar-refractivity contribution < 1.29 is 9.18 Å². The van der Waals surface area contributed by atoms with Gasteiger partial charge in [0.1, 0.15) is 11.5 Å². The molecule has 0 saturated heterocycles. The first-order valence-corrected chi connectivity index (χ1v) is 5.82. The first-order chi connectivity index (χ1) is 9.15. The van der Waals surface area contributed by atoms with Gasteiger partial charge in [0.15, 0.2) is 0 Å². The molecule has 0 saturated carbocycles. The summed E-state index contributed by atoms with van der Waals surface area (Å²) in [6.45, 7) is 0. The lowest BCUT2D eigenvalue weighted by atomic mass is 10.0. The number of fused-ring (bicyclic) bond motifs is 1. The summed E-state index contributed by atoms with van der Waals surface area (Å²) in [5.74, 6) is -0.781. The zero-order valence-electron chi connectivity index (χ0n) is 9.98. The van der Waals surface area contributed by atoms with Gasteiger partial charge >= 0.3 is 0 Å². The smallest absolute Gasteiger partial charge is 0.265 e. The van der Waals surface area contributed by atoms with Crippen LogP contribution in [0.2, 0.25) is 0 Å². The van der Waals surface area contributed by atoms with Crippen LogP contribution < -0.4 is 5.73 Å². The van der Waals surface area contributed by atoms with Crippen molar-refractivity contribution in [2.75, 3.05) is 0 Å². The minimum Gasteiger partial charge on any atom is -0.364 e. The van der Waals surface area contributed by atoms with Crippen molar-refractivity contribution in [3.63, 3.8) is 0 Å². The van der Waals surface area contributed by atoms with Crippen LogP contribution >= 0.6 is 0 Å². The number of halogens is 1. The second-order valence-electron chi connectivity index (χ2n) is 4.33. The molecule has 0 aliphatic carbocycles. The van der Waals surface area contributed by atoms with Gasteiger partial charge < -0.3 is 10.7 Å². The van der Waals surface area contributed by atoms with Crippen LogP contribution in [0.1, 0.15) is 10.5 Å². The lowest BCUT2D eigenvalue weighted by Crippen LogP contribution is -2.10. The van der Waals surface area contributed by atoms with Gasteiger partial charge in [-0.05, 0) is 29.8 Å². The normalized spacial score (nSPS) is 10.8. The number of primary amides is 1. The number of aromatic amines is 1. The number of hydrogen-bond donors (Lipinski definition) is 2. The second-order valence-corrected chi connectivity index (χ2v) is 4.33. The van der Waals surface area contributed by atoms with Gasteiger partial charge in [-0.15, -0.1) is 0 Å². The third kappa shape index (κ3) is 1.97. The van der Waals surface area contributed by atoms with E-state index < -0.39 is 5.91 Å². The maximum atomic E-state index is 13.7. The molecule has 0 radical (unpaired) electrons. The third-order valence-electron chi connectivity index (χ3n) is 3.07. The highest BCUT2D eigenvalue weighted by Crippen LogP contribution is 2.26. The fourth-order valence-electron chi connectivity index (χ4n) is 2.13. The molecule has 0 aliphatic rings. The largest absolute Gasteiger partial charge is 0.364 e. The van der Waals surface area contributed by atoms with Crippen LogP contribution in [-0.2, 0) is 0 Å². The summed E-state index contributed by atoms with van der Waals surface area (Å²) in [5, 5.41) is 0.828. The number of nitrogens with one attached hydrogen (secondary N) is 1. The van der Waals surface area contributed by atoms with Crippen LogP contribution in [0.4, 0.5) is 4.39 Å². The molecule has 94 valence electrons. The average Bonchev–Trinajstić information content (AvgIpc) is 2.82. The summed E-state index contributed by atoms with van der Waals surface area (Å²) in [5.41, 5.74) is 7.67. The molecule has 3 rings (SSSR count). The van der Waals surface area contributed by atoms with E-state index >= 15 is 0 Å². The molecule has 0 atom stereocenters. The standard InChI is InChI=1S/C15H11FN2O/c16-12-4-2-1-3-11(12)9-5-6-13-10(7-9)8-14(18-13)15(17)19/h1-8,18H,(H2,17,19). The molecule has 0 unspecified atom stereocenters. The maximum Gasteiger partial charge on any atom is 0.265 e. The fraction of sp³-hybridized carbons (Fsp3) is 0. The van der Waals surface area contributed by atoms with E-state index in [1.54, 1.807) is 24.3 Å². The number of carbonyl (C=O) groups excluding carboxylic acids is 1. The van der Waals surface area contributed by atoms with Crippen molar-refractivity contribution in [1.82, 2.24) is 4.98 Å². The minimum absolute atomic E-state index is 0.271. The van der Waals surface area contributed by atoms with Gasteiger partial charge in [-0.3, -0.25) is 4.79 Å². The van der Waals surface area contributed by atoms with Crippen molar-refractivity contribution in [2.45, 2.75) is 0 Å². The Bertz CT molecular complexity index is 777. The highest BCUT2D eigenvalue weighted by Gasteiger charge is 2.08.